The standard InChI is InChI=1S/C27H36N4O2/c1-20-11-15-30(16-12-20)26(32)28-24-7-3-22(4-8-24)19-23-5-9-25(10-6-23)29-27(33)31-17-13-21(2)14-18-31/h3-10,20-21H,11-19H2,1-2H3,(H,28,32)(H,29,33). The maximum absolute atomic E-state index is 12.5. The molecular formula is C27H36N4O2. The smallest absolute Gasteiger partial charge is 0.321 e. The Kier molecular flexibility index (Phi) is 7.53. The van der Waals surface area contributed by atoms with Crippen LogP contribution in [0.3, 0.4) is 0 Å². The van der Waals surface area contributed by atoms with Gasteiger partial charge in [0.15, 0.2) is 0 Å². The van der Waals surface area contributed by atoms with Gasteiger partial charge in [0.05, 0.1) is 0 Å². The number of nitrogens with one attached hydrogen (secondary N) is 2. The Labute approximate surface area is 197 Å². The second kappa shape index (κ2) is 10.7. The van der Waals surface area contributed by atoms with E-state index >= 15 is 0 Å². The van der Waals surface area contributed by atoms with Crippen molar-refractivity contribution in [3.8, 4) is 0 Å². The fourth-order valence-corrected chi connectivity index (χ4v) is 4.48. The van der Waals surface area contributed by atoms with Crippen LogP contribution in [-0.4, -0.2) is 48.0 Å². The third kappa shape index (κ3) is 6.50. The summed E-state index contributed by atoms with van der Waals surface area (Å²) in [5, 5.41) is 6.03. The van der Waals surface area contributed by atoms with Crippen molar-refractivity contribution in [2.24, 2.45) is 11.8 Å². The number of benzene rings is 2. The Hall–Kier alpha value is -3.02. The average molecular weight is 449 g/mol. The van der Waals surface area contributed by atoms with E-state index in [2.05, 4.69) is 48.7 Å². The van der Waals surface area contributed by atoms with Gasteiger partial charge in [-0.05, 0) is 79.3 Å². The minimum absolute atomic E-state index is 0.00801. The molecule has 2 aliphatic heterocycles. The van der Waals surface area contributed by atoms with Crippen LogP contribution in [-0.2, 0) is 6.42 Å². The van der Waals surface area contributed by atoms with Crippen molar-refractivity contribution in [3.63, 3.8) is 0 Å². The highest BCUT2D eigenvalue weighted by atomic mass is 16.2. The summed E-state index contributed by atoms with van der Waals surface area (Å²) in [6.07, 6.45) is 5.11. The number of carbonyl (C=O) groups is 2. The molecule has 0 unspecified atom stereocenters. The van der Waals surface area contributed by atoms with Gasteiger partial charge in [-0.2, -0.15) is 0 Å². The molecule has 0 radical (unpaired) electrons. The highest BCUT2D eigenvalue weighted by molar-refractivity contribution is 5.90. The highest BCUT2D eigenvalue weighted by Gasteiger charge is 2.21. The lowest BCUT2D eigenvalue weighted by Crippen LogP contribution is -2.40. The van der Waals surface area contributed by atoms with Crippen LogP contribution < -0.4 is 10.6 Å². The predicted octanol–water partition coefficient (Wildman–Crippen LogP) is 5.81. The first-order valence-electron chi connectivity index (χ1n) is 12.3. The molecule has 0 aliphatic carbocycles. The quantitative estimate of drug-likeness (QED) is 0.620. The van der Waals surface area contributed by atoms with Crippen LogP contribution in [0, 0.1) is 11.8 Å². The maximum atomic E-state index is 12.5. The van der Waals surface area contributed by atoms with Crippen molar-refractivity contribution in [1.82, 2.24) is 9.80 Å². The van der Waals surface area contributed by atoms with Gasteiger partial charge in [0.25, 0.3) is 0 Å². The molecule has 0 atom stereocenters. The van der Waals surface area contributed by atoms with E-state index in [1.165, 1.54) is 11.1 Å². The van der Waals surface area contributed by atoms with Crippen LogP contribution >= 0.6 is 0 Å². The van der Waals surface area contributed by atoms with Crippen LogP contribution in [0.25, 0.3) is 0 Å². The largest absolute Gasteiger partial charge is 0.325 e. The summed E-state index contributed by atoms with van der Waals surface area (Å²) in [4.78, 5) is 28.7. The predicted molar refractivity (Wildman–Crippen MR) is 134 cm³/mol. The van der Waals surface area contributed by atoms with Crippen LogP contribution in [0.5, 0.6) is 0 Å². The van der Waals surface area contributed by atoms with E-state index in [4.69, 9.17) is 0 Å². The number of hydrogen-bond donors (Lipinski definition) is 2. The Balaban J connectivity index is 1.26. The lowest BCUT2D eigenvalue weighted by Gasteiger charge is -2.30. The average Bonchev–Trinajstić information content (AvgIpc) is 2.82. The zero-order valence-corrected chi connectivity index (χ0v) is 19.8. The molecular weight excluding hydrogens is 412 g/mol. The first-order chi connectivity index (χ1) is 16.0. The number of nitrogens with zero attached hydrogens (tertiary/aromatic N) is 2. The van der Waals surface area contributed by atoms with E-state index in [-0.39, 0.29) is 12.1 Å². The summed E-state index contributed by atoms with van der Waals surface area (Å²) in [6, 6.07) is 16.1. The molecule has 2 aromatic carbocycles. The van der Waals surface area contributed by atoms with E-state index in [0.29, 0.717) is 11.8 Å². The monoisotopic (exact) mass is 448 g/mol. The first-order valence-corrected chi connectivity index (χ1v) is 12.3. The second-order valence-corrected chi connectivity index (χ2v) is 9.77. The third-order valence-corrected chi connectivity index (χ3v) is 6.96. The second-order valence-electron chi connectivity index (χ2n) is 9.77. The van der Waals surface area contributed by atoms with Crippen molar-refractivity contribution in [1.29, 1.82) is 0 Å². The van der Waals surface area contributed by atoms with Gasteiger partial charge in [-0.1, -0.05) is 38.1 Å². The molecule has 2 saturated heterocycles. The van der Waals surface area contributed by atoms with Crippen molar-refractivity contribution in [3.05, 3.63) is 59.7 Å². The lowest BCUT2D eigenvalue weighted by atomic mass is 10.00. The number of hydrogen-bond acceptors (Lipinski definition) is 2. The van der Waals surface area contributed by atoms with Crippen molar-refractivity contribution in [2.75, 3.05) is 36.8 Å². The van der Waals surface area contributed by atoms with Gasteiger partial charge >= 0.3 is 12.1 Å². The molecule has 0 saturated carbocycles. The van der Waals surface area contributed by atoms with Gasteiger partial charge in [0, 0.05) is 37.6 Å². The Morgan fingerprint density at radius 1 is 0.667 bits per heavy atom. The number of piperidine rings is 2. The van der Waals surface area contributed by atoms with Crippen molar-refractivity contribution in [2.45, 2.75) is 46.0 Å². The van der Waals surface area contributed by atoms with E-state index in [0.717, 1.165) is 69.7 Å². The molecule has 0 aromatic heterocycles. The normalized spacial score (nSPS) is 17.6. The molecule has 0 spiro atoms. The fraction of sp³-hybridized carbons (Fsp3) is 0.481. The Bertz CT molecular complexity index is 848. The fourth-order valence-electron chi connectivity index (χ4n) is 4.48. The highest BCUT2D eigenvalue weighted by Crippen LogP contribution is 2.20. The minimum Gasteiger partial charge on any atom is -0.325 e. The number of carbonyl (C=O) groups excluding carboxylic acids is 2. The zero-order chi connectivity index (χ0) is 23.2. The summed E-state index contributed by atoms with van der Waals surface area (Å²) < 4.78 is 0. The number of anilines is 2. The number of amides is 4. The third-order valence-electron chi connectivity index (χ3n) is 6.96. The Morgan fingerprint density at radius 2 is 1.00 bits per heavy atom. The minimum atomic E-state index is -0.00801. The van der Waals surface area contributed by atoms with E-state index in [1.807, 2.05) is 34.1 Å². The molecule has 6 heteroatoms. The van der Waals surface area contributed by atoms with Gasteiger partial charge in [-0.25, -0.2) is 9.59 Å². The van der Waals surface area contributed by atoms with Crippen LogP contribution in [0.2, 0.25) is 0 Å². The zero-order valence-electron chi connectivity index (χ0n) is 19.8. The van der Waals surface area contributed by atoms with Crippen molar-refractivity contribution >= 4 is 23.4 Å². The number of urea groups is 2. The van der Waals surface area contributed by atoms with E-state index < -0.39 is 0 Å². The van der Waals surface area contributed by atoms with Crippen molar-refractivity contribution < 1.29 is 9.59 Å². The molecule has 6 nitrogen and oxygen atoms in total. The molecule has 2 fully saturated rings. The molecule has 4 rings (SSSR count). The molecule has 2 N–H and O–H groups in total. The molecule has 2 aliphatic rings. The molecule has 176 valence electrons. The van der Waals surface area contributed by atoms with E-state index in [1.54, 1.807) is 0 Å². The van der Waals surface area contributed by atoms with Gasteiger partial charge in [0.1, 0.15) is 0 Å². The summed E-state index contributed by atoms with van der Waals surface area (Å²) in [6.45, 7) is 7.82. The number of rotatable bonds is 4. The molecule has 0 bridgehead atoms. The topological polar surface area (TPSA) is 64.7 Å². The summed E-state index contributed by atoms with van der Waals surface area (Å²) >= 11 is 0. The Morgan fingerprint density at radius 3 is 1.33 bits per heavy atom. The number of likely N-dealkylation sites (tertiary alicyclic amines) is 2. The first kappa shape index (κ1) is 23.1. The summed E-state index contributed by atoms with van der Waals surface area (Å²) in [5.41, 5.74) is 4.01. The maximum Gasteiger partial charge on any atom is 0.321 e. The van der Waals surface area contributed by atoms with Crippen LogP contribution in [0.4, 0.5) is 21.0 Å². The summed E-state index contributed by atoms with van der Waals surface area (Å²) in [5.74, 6) is 1.41. The van der Waals surface area contributed by atoms with Gasteiger partial charge in [-0.15, -0.1) is 0 Å². The summed E-state index contributed by atoms with van der Waals surface area (Å²) in [7, 11) is 0. The van der Waals surface area contributed by atoms with E-state index in [9.17, 15) is 9.59 Å². The van der Waals surface area contributed by atoms with Gasteiger partial charge < -0.3 is 20.4 Å². The molecule has 2 heterocycles. The molecule has 4 amide bonds. The van der Waals surface area contributed by atoms with Crippen LogP contribution in [0.1, 0.15) is 50.7 Å². The van der Waals surface area contributed by atoms with Crippen LogP contribution in [0.15, 0.2) is 48.5 Å². The SMILES string of the molecule is CC1CCN(C(=O)Nc2ccc(Cc3ccc(NC(=O)N4CCC(C)CC4)cc3)cc2)CC1. The lowest BCUT2D eigenvalue weighted by molar-refractivity contribution is 0.186. The van der Waals surface area contributed by atoms with Gasteiger partial charge in [-0.3, -0.25) is 0 Å². The molecule has 2 aromatic rings. The molecule has 33 heavy (non-hydrogen) atoms. The van der Waals surface area contributed by atoms with Gasteiger partial charge in [0.2, 0.25) is 0 Å².